The number of aromatic nitrogens is 2. The quantitative estimate of drug-likeness (QED) is 0.731. The van der Waals surface area contributed by atoms with Crippen molar-refractivity contribution < 1.29 is 9.53 Å². The number of ether oxygens (including phenoxy) is 1. The van der Waals surface area contributed by atoms with Crippen molar-refractivity contribution in [3.63, 3.8) is 0 Å². The molecule has 1 atom stereocenters. The summed E-state index contributed by atoms with van der Waals surface area (Å²) in [5.74, 6) is -0.0799. The van der Waals surface area contributed by atoms with Gasteiger partial charge in [0.2, 0.25) is 0 Å². The molecular formula is C21H21N3O2. The molecule has 2 heterocycles. The number of fused-ring (bicyclic) bond motifs is 1. The Morgan fingerprint density at radius 2 is 2.00 bits per heavy atom. The van der Waals surface area contributed by atoms with Crippen molar-refractivity contribution in [2.24, 2.45) is 0 Å². The van der Waals surface area contributed by atoms with E-state index < -0.39 is 0 Å². The Kier molecular flexibility index (Phi) is 4.63. The van der Waals surface area contributed by atoms with Gasteiger partial charge in [0.25, 0.3) is 5.91 Å². The van der Waals surface area contributed by atoms with Crippen LogP contribution in [0.1, 0.15) is 21.7 Å². The van der Waals surface area contributed by atoms with E-state index in [0.29, 0.717) is 25.4 Å². The zero-order chi connectivity index (χ0) is 17.9. The van der Waals surface area contributed by atoms with Crippen LogP contribution in [0.3, 0.4) is 0 Å². The van der Waals surface area contributed by atoms with Crippen LogP contribution in [-0.4, -0.2) is 46.6 Å². The van der Waals surface area contributed by atoms with E-state index in [1.807, 2.05) is 17.9 Å². The summed E-state index contributed by atoms with van der Waals surface area (Å²) in [5.41, 5.74) is 2.44. The lowest BCUT2D eigenvalue weighted by molar-refractivity contribution is -0.0209. The van der Waals surface area contributed by atoms with Crippen LogP contribution in [0.15, 0.2) is 54.9 Å². The van der Waals surface area contributed by atoms with E-state index >= 15 is 0 Å². The van der Waals surface area contributed by atoms with Gasteiger partial charge < -0.3 is 9.64 Å². The standard InChI is InChI=1S/C21H21N3O2/c1-15-12-23-20(13-22-15)21(25)24-9-10-26-18(14-24)11-17-7-4-6-16-5-2-3-8-19(16)17/h2-8,12-13,18H,9-11,14H2,1H3. The number of hydrogen-bond donors (Lipinski definition) is 0. The third-order valence-corrected chi connectivity index (χ3v) is 4.75. The zero-order valence-electron chi connectivity index (χ0n) is 14.8. The molecule has 1 saturated heterocycles. The minimum Gasteiger partial charge on any atom is -0.374 e. The summed E-state index contributed by atoms with van der Waals surface area (Å²) >= 11 is 0. The lowest BCUT2D eigenvalue weighted by atomic mass is 9.99. The maximum absolute atomic E-state index is 12.7. The second-order valence-electron chi connectivity index (χ2n) is 6.63. The average molecular weight is 347 g/mol. The van der Waals surface area contributed by atoms with E-state index in [4.69, 9.17) is 4.74 Å². The van der Waals surface area contributed by atoms with Gasteiger partial charge in [-0.1, -0.05) is 42.5 Å². The molecule has 5 heteroatoms. The molecule has 0 spiro atoms. The van der Waals surface area contributed by atoms with E-state index in [1.165, 1.54) is 16.3 Å². The Hall–Kier alpha value is -2.79. The molecule has 5 nitrogen and oxygen atoms in total. The highest BCUT2D eigenvalue weighted by molar-refractivity contribution is 5.92. The van der Waals surface area contributed by atoms with Gasteiger partial charge in [0.15, 0.2) is 0 Å². The topological polar surface area (TPSA) is 55.3 Å². The second-order valence-corrected chi connectivity index (χ2v) is 6.63. The minimum absolute atomic E-state index is 0.0167. The van der Waals surface area contributed by atoms with Gasteiger partial charge in [-0.2, -0.15) is 0 Å². The maximum Gasteiger partial charge on any atom is 0.274 e. The molecule has 1 amide bonds. The van der Waals surface area contributed by atoms with Crippen molar-refractivity contribution in [1.29, 1.82) is 0 Å². The monoisotopic (exact) mass is 347 g/mol. The third-order valence-electron chi connectivity index (χ3n) is 4.75. The van der Waals surface area contributed by atoms with Crippen LogP contribution in [0.5, 0.6) is 0 Å². The predicted octanol–water partition coefficient (Wildman–Crippen LogP) is 3.02. The van der Waals surface area contributed by atoms with E-state index in [-0.39, 0.29) is 12.0 Å². The van der Waals surface area contributed by atoms with Crippen LogP contribution in [0, 0.1) is 6.92 Å². The lowest BCUT2D eigenvalue weighted by Gasteiger charge is -2.33. The Morgan fingerprint density at radius 1 is 1.15 bits per heavy atom. The Balaban J connectivity index is 1.50. The molecule has 4 rings (SSSR count). The van der Waals surface area contributed by atoms with Gasteiger partial charge in [0.05, 0.1) is 24.6 Å². The molecule has 1 fully saturated rings. The first-order chi connectivity index (χ1) is 12.7. The molecule has 0 N–H and O–H groups in total. The molecular weight excluding hydrogens is 326 g/mol. The van der Waals surface area contributed by atoms with Gasteiger partial charge in [0.1, 0.15) is 5.69 Å². The summed E-state index contributed by atoms with van der Waals surface area (Å²) in [6.45, 7) is 3.55. The van der Waals surface area contributed by atoms with E-state index in [9.17, 15) is 4.79 Å². The minimum atomic E-state index is -0.0799. The van der Waals surface area contributed by atoms with Crippen molar-refractivity contribution >= 4 is 16.7 Å². The van der Waals surface area contributed by atoms with Crippen molar-refractivity contribution in [2.75, 3.05) is 19.7 Å². The maximum atomic E-state index is 12.7. The third kappa shape index (κ3) is 3.44. The number of nitrogens with zero attached hydrogens (tertiary/aromatic N) is 3. The highest BCUT2D eigenvalue weighted by Gasteiger charge is 2.26. The summed E-state index contributed by atoms with van der Waals surface area (Å²) in [7, 11) is 0. The number of aryl methyl sites for hydroxylation is 1. The molecule has 0 bridgehead atoms. The summed E-state index contributed by atoms with van der Waals surface area (Å²) < 4.78 is 5.94. The Labute approximate surface area is 152 Å². The summed E-state index contributed by atoms with van der Waals surface area (Å²) in [4.78, 5) is 22.9. The summed E-state index contributed by atoms with van der Waals surface area (Å²) in [5, 5.41) is 2.47. The van der Waals surface area contributed by atoms with Crippen molar-refractivity contribution in [2.45, 2.75) is 19.4 Å². The van der Waals surface area contributed by atoms with Crippen molar-refractivity contribution in [3.05, 3.63) is 71.8 Å². The zero-order valence-corrected chi connectivity index (χ0v) is 14.8. The molecule has 3 aromatic rings. The number of rotatable bonds is 3. The van der Waals surface area contributed by atoms with E-state index in [0.717, 1.165) is 12.1 Å². The summed E-state index contributed by atoms with van der Waals surface area (Å²) in [6.07, 6.45) is 3.94. The Morgan fingerprint density at radius 3 is 2.85 bits per heavy atom. The van der Waals surface area contributed by atoms with Crippen LogP contribution in [0.2, 0.25) is 0 Å². The van der Waals surface area contributed by atoms with Gasteiger partial charge >= 0.3 is 0 Å². The van der Waals surface area contributed by atoms with Crippen molar-refractivity contribution in [1.82, 2.24) is 14.9 Å². The SMILES string of the molecule is Cc1cnc(C(=O)N2CCOC(Cc3cccc4ccccc34)C2)cn1. The molecule has 0 radical (unpaired) electrons. The van der Waals surface area contributed by atoms with Gasteiger partial charge in [-0.05, 0) is 23.3 Å². The smallest absolute Gasteiger partial charge is 0.274 e. The van der Waals surface area contributed by atoms with Gasteiger partial charge in [-0.15, -0.1) is 0 Å². The molecule has 132 valence electrons. The fourth-order valence-corrected chi connectivity index (χ4v) is 3.41. The molecule has 1 aliphatic rings. The van der Waals surface area contributed by atoms with Crippen LogP contribution >= 0.6 is 0 Å². The van der Waals surface area contributed by atoms with Gasteiger partial charge in [0, 0.05) is 25.7 Å². The fourth-order valence-electron chi connectivity index (χ4n) is 3.41. The van der Waals surface area contributed by atoms with E-state index in [2.05, 4.69) is 46.4 Å². The largest absolute Gasteiger partial charge is 0.374 e. The highest BCUT2D eigenvalue weighted by Crippen LogP contribution is 2.22. The van der Waals surface area contributed by atoms with Gasteiger partial charge in [-0.25, -0.2) is 4.98 Å². The number of benzene rings is 2. The number of hydrogen-bond acceptors (Lipinski definition) is 4. The lowest BCUT2D eigenvalue weighted by Crippen LogP contribution is -2.46. The average Bonchev–Trinajstić information content (AvgIpc) is 2.69. The molecule has 1 aromatic heterocycles. The highest BCUT2D eigenvalue weighted by atomic mass is 16.5. The van der Waals surface area contributed by atoms with Crippen LogP contribution < -0.4 is 0 Å². The molecule has 26 heavy (non-hydrogen) atoms. The van der Waals surface area contributed by atoms with Gasteiger partial charge in [-0.3, -0.25) is 9.78 Å². The number of carbonyl (C=O) groups is 1. The Bertz CT molecular complexity index is 919. The predicted molar refractivity (Wildman–Crippen MR) is 100 cm³/mol. The fraction of sp³-hybridized carbons (Fsp3) is 0.286. The first kappa shape index (κ1) is 16.7. The van der Waals surface area contributed by atoms with E-state index in [1.54, 1.807) is 12.4 Å². The molecule has 0 aliphatic carbocycles. The molecule has 1 unspecified atom stereocenters. The molecule has 1 aliphatic heterocycles. The molecule has 2 aromatic carbocycles. The first-order valence-corrected chi connectivity index (χ1v) is 8.87. The van der Waals surface area contributed by atoms with Crippen LogP contribution in [-0.2, 0) is 11.2 Å². The number of amides is 1. The second kappa shape index (κ2) is 7.22. The normalized spacial score (nSPS) is 17.4. The van der Waals surface area contributed by atoms with Crippen LogP contribution in [0.4, 0.5) is 0 Å². The van der Waals surface area contributed by atoms with Crippen LogP contribution in [0.25, 0.3) is 10.8 Å². The molecule has 0 saturated carbocycles. The first-order valence-electron chi connectivity index (χ1n) is 8.87. The number of morpholine rings is 1. The van der Waals surface area contributed by atoms with Crippen molar-refractivity contribution in [3.8, 4) is 0 Å². The number of carbonyl (C=O) groups excluding carboxylic acids is 1. The summed E-state index contributed by atoms with van der Waals surface area (Å²) in [6, 6.07) is 14.7.